The number of hydrogen-bond acceptors (Lipinski definition) is 2. The lowest BCUT2D eigenvalue weighted by atomic mass is 9.66. The summed E-state index contributed by atoms with van der Waals surface area (Å²) in [6, 6.07) is 15.4. The highest BCUT2D eigenvalue weighted by molar-refractivity contribution is 5.28. The van der Waals surface area contributed by atoms with Crippen LogP contribution in [-0.4, -0.2) is 25.9 Å². The van der Waals surface area contributed by atoms with Gasteiger partial charge in [-0.2, -0.15) is 0 Å². The number of ether oxygens (including phenoxy) is 2. The largest absolute Gasteiger partial charge is 0.497 e. The first-order valence-electron chi connectivity index (χ1n) is 10.3. The van der Waals surface area contributed by atoms with E-state index in [-0.39, 0.29) is 16.8 Å². The monoisotopic (exact) mass is 386 g/mol. The van der Waals surface area contributed by atoms with E-state index in [4.69, 9.17) is 9.47 Å². The molecule has 2 N–H and O–H groups in total. The van der Waals surface area contributed by atoms with Crippen LogP contribution < -0.4 is 10.1 Å². The number of benzene rings is 2. The number of halogens is 1. The second kappa shape index (κ2) is 9.06. The molecule has 0 spiro atoms. The average molecular weight is 387 g/mol. The molecule has 1 aliphatic heterocycles. The van der Waals surface area contributed by atoms with Crippen LogP contribution >= 0.6 is 0 Å². The number of methoxy groups -OCH3 is 1. The van der Waals surface area contributed by atoms with Gasteiger partial charge in [0.1, 0.15) is 18.1 Å². The fourth-order valence-electron chi connectivity index (χ4n) is 4.39. The van der Waals surface area contributed by atoms with Crippen molar-refractivity contribution in [2.45, 2.75) is 57.1 Å². The summed E-state index contributed by atoms with van der Waals surface area (Å²) < 4.78 is 24.8. The molecule has 152 valence electrons. The SMILES string of the molecule is CC[C@]1(C)C[C@](CC[NH2+]Cc2ccc(OC)cc2)(c2ccc(F)cc2)CCO1. The molecule has 3 nitrogen and oxygen atoms in total. The first kappa shape index (κ1) is 20.8. The lowest BCUT2D eigenvalue weighted by Gasteiger charge is -2.46. The Kier molecular flexibility index (Phi) is 6.73. The normalized spacial score (nSPS) is 24.9. The van der Waals surface area contributed by atoms with E-state index in [0.717, 1.165) is 51.1 Å². The lowest BCUT2D eigenvalue weighted by molar-refractivity contribution is -0.672. The van der Waals surface area contributed by atoms with Crippen LogP contribution in [0.4, 0.5) is 4.39 Å². The molecule has 1 saturated heterocycles. The molecule has 3 rings (SSSR count). The van der Waals surface area contributed by atoms with Crippen molar-refractivity contribution in [3.8, 4) is 5.75 Å². The van der Waals surface area contributed by atoms with Gasteiger partial charge in [-0.05, 0) is 68.1 Å². The summed E-state index contributed by atoms with van der Waals surface area (Å²) in [6.07, 6.45) is 4.03. The predicted octanol–water partition coefficient (Wildman–Crippen LogP) is 4.20. The Morgan fingerprint density at radius 1 is 1.11 bits per heavy atom. The molecular formula is C24H33FNO2+. The number of quaternary nitrogens is 1. The van der Waals surface area contributed by atoms with Crippen molar-refractivity contribution in [1.29, 1.82) is 0 Å². The Hall–Kier alpha value is -1.91. The van der Waals surface area contributed by atoms with Crippen molar-refractivity contribution in [2.75, 3.05) is 20.3 Å². The summed E-state index contributed by atoms with van der Waals surface area (Å²) >= 11 is 0. The number of hydrogen-bond donors (Lipinski definition) is 1. The fraction of sp³-hybridized carbons (Fsp3) is 0.500. The molecule has 1 fully saturated rings. The van der Waals surface area contributed by atoms with Gasteiger partial charge >= 0.3 is 0 Å². The fourth-order valence-corrected chi connectivity index (χ4v) is 4.39. The van der Waals surface area contributed by atoms with Crippen LogP contribution in [0.3, 0.4) is 0 Å². The van der Waals surface area contributed by atoms with E-state index in [0.29, 0.717) is 0 Å². The van der Waals surface area contributed by atoms with Gasteiger partial charge in [-0.3, -0.25) is 0 Å². The number of rotatable bonds is 8. The van der Waals surface area contributed by atoms with Crippen molar-refractivity contribution < 1.29 is 19.2 Å². The van der Waals surface area contributed by atoms with Gasteiger partial charge in [0.25, 0.3) is 0 Å². The second-order valence-electron chi connectivity index (χ2n) is 8.25. The minimum Gasteiger partial charge on any atom is -0.497 e. The number of nitrogens with two attached hydrogens (primary N) is 1. The summed E-state index contributed by atoms with van der Waals surface area (Å²) in [5, 5.41) is 2.37. The Bertz CT molecular complexity index is 746. The molecule has 0 aromatic heterocycles. The molecule has 2 aromatic carbocycles. The van der Waals surface area contributed by atoms with Gasteiger partial charge in [0, 0.05) is 24.0 Å². The van der Waals surface area contributed by atoms with Gasteiger partial charge in [-0.1, -0.05) is 19.1 Å². The van der Waals surface area contributed by atoms with Crippen molar-refractivity contribution in [1.82, 2.24) is 0 Å². The summed E-state index contributed by atoms with van der Waals surface area (Å²) in [7, 11) is 1.69. The van der Waals surface area contributed by atoms with Crippen LogP contribution in [0.25, 0.3) is 0 Å². The highest BCUT2D eigenvalue weighted by Gasteiger charge is 2.43. The summed E-state index contributed by atoms with van der Waals surface area (Å²) in [4.78, 5) is 0. The lowest BCUT2D eigenvalue weighted by Crippen LogP contribution is -2.83. The predicted molar refractivity (Wildman–Crippen MR) is 110 cm³/mol. The molecule has 0 amide bonds. The molecule has 2 aromatic rings. The van der Waals surface area contributed by atoms with Crippen LogP contribution in [0.1, 0.15) is 50.7 Å². The van der Waals surface area contributed by atoms with Gasteiger partial charge in [0.2, 0.25) is 0 Å². The van der Waals surface area contributed by atoms with E-state index >= 15 is 0 Å². The molecule has 1 aliphatic rings. The molecule has 2 atom stereocenters. The van der Waals surface area contributed by atoms with E-state index in [1.807, 2.05) is 24.3 Å². The quantitative estimate of drug-likeness (QED) is 0.690. The van der Waals surface area contributed by atoms with Gasteiger partial charge in [-0.15, -0.1) is 0 Å². The van der Waals surface area contributed by atoms with Gasteiger partial charge in [0.15, 0.2) is 0 Å². The zero-order valence-corrected chi connectivity index (χ0v) is 17.3. The van der Waals surface area contributed by atoms with Crippen molar-refractivity contribution in [3.63, 3.8) is 0 Å². The zero-order chi connectivity index (χ0) is 20.0. The standard InChI is InChI=1S/C24H32FNO2/c1-4-23(2)18-24(14-16-28-23,20-7-9-21(25)10-8-20)13-15-26-17-19-5-11-22(27-3)12-6-19/h5-12,26H,4,13-18H2,1-3H3/p+1/t23-,24-/m1/s1. The zero-order valence-electron chi connectivity index (χ0n) is 17.3. The van der Waals surface area contributed by atoms with Crippen LogP contribution in [0.15, 0.2) is 48.5 Å². The molecule has 0 aliphatic carbocycles. The third-order valence-electron chi connectivity index (χ3n) is 6.31. The first-order chi connectivity index (χ1) is 13.5. The van der Waals surface area contributed by atoms with Gasteiger partial charge in [0.05, 0.1) is 19.3 Å². The molecule has 4 heteroatoms. The summed E-state index contributed by atoms with van der Waals surface area (Å²) in [5.41, 5.74) is 2.48. The van der Waals surface area contributed by atoms with Crippen LogP contribution in [-0.2, 0) is 16.7 Å². The maximum absolute atomic E-state index is 13.5. The van der Waals surface area contributed by atoms with Crippen molar-refractivity contribution in [3.05, 3.63) is 65.5 Å². The van der Waals surface area contributed by atoms with E-state index in [1.165, 1.54) is 11.1 Å². The highest BCUT2D eigenvalue weighted by atomic mass is 19.1. The molecule has 0 radical (unpaired) electrons. The van der Waals surface area contributed by atoms with E-state index in [9.17, 15) is 4.39 Å². The van der Waals surface area contributed by atoms with Crippen LogP contribution in [0, 0.1) is 5.82 Å². The summed E-state index contributed by atoms with van der Waals surface area (Å²) in [6.45, 7) is 7.15. The van der Waals surface area contributed by atoms with Crippen LogP contribution in [0.2, 0.25) is 0 Å². The topological polar surface area (TPSA) is 35.1 Å². The van der Waals surface area contributed by atoms with Gasteiger partial charge < -0.3 is 14.8 Å². The van der Waals surface area contributed by atoms with Crippen LogP contribution in [0.5, 0.6) is 5.75 Å². The second-order valence-corrected chi connectivity index (χ2v) is 8.25. The van der Waals surface area contributed by atoms with Crippen molar-refractivity contribution >= 4 is 0 Å². The Labute approximate surface area is 168 Å². The van der Waals surface area contributed by atoms with Crippen molar-refractivity contribution in [2.24, 2.45) is 0 Å². The minimum absolute atomic E-state index is 0.0487. The molecule has 28 heavy (non-hydrogen) atoms. The van der Waals surface area contributed by atoms with E-state index in [1.54, 1.807) is 19.2 Å². The van der Waals surface area contributed by atoms with Gasteiger partial charge in [-0.25, -0.2) is 4.39 Å². The van der Waals surface area contributed by atoms with E-state index < -0.39 is 0 Å². The smallest absolute Gasteiger partial charge is 0.123 e. The van der Waals surface area contributed by atoms with E-state index in [2.05, 4.69) is 31.3 Å². The Morgan fingerprint density at radius 2 is 1.82 bits per heavy atom. The minimum atomic E-state index is -0.171. The molecular weight excluding hydrogens is 353 g/mol. The first-order valence-corrected chi connectivity index (χ1v) is 10.3. The highest BCUT2D eigenvalue weighted by Crippen LogP contribution is 2.44. The maximum Gasteiger partial charge on any atom is 0.123 e. The molecule has 1 heterocycles. The molecule has 0 saturated carbocycles. The third-order valence-corrected chi connectivity index (χ3v) is 6.31. The molecule has 0 unspecified atom stereocenters. The Morgan fingerprint density at radius 3 is 2.46 bits per heavy atom. The summed E-state index contributed by atoms with van der Waals surface area (Å²) in [5.74, 6) is 0.718. The molecule has 0 bridgehead atoms. The Balaban J connectivity index is 1.68. The average Bonchev–Trinajstić information content (AvgIpc) is 2.72. The maximum atomic E-state index is 13.5. The third kappa shape index (κ3) is 4.92.